The van der Waals surface area contributed by atoms with E-state index in [2.05, 4.69) is 10.6 Å². The van der Waals surface area contributed by atoms with Crippen molar-refractivity contribution in [1.29, 1.82) is 0 Å². The molecule has 15 heteroatoms. The van der Waals surface area contributed by atoms with Crippen molar-refractivity contribution in [2.45, 2.75) is 110 Å². The molecular weight excluding hydrogens is 921 g/mol. The van der Waals surface area contributed by atoms with E-state index in [1.807, 2.05) is 13.0 Å². The highest BCUT2D eigenvalue weighted by atomic mass is 16.5. The number of fused-ring (bicyclic) bond motifs is 1. The van der Waals surface area contributed by atoms with Gasteiger partial charge in [0.15, 0.2) is 10.9 Å². The highest BCUT2D eigenvalue weighted by molar-refractivity contribution is 6.39. The fourth-order valence-electron chi connectivity index (χ4n) is 12.4. The van der Waals surface area contributed by atoms with Crippen molar-refractivity contribution in [2.24, 2.45) is 23.7 Å². The lowest BCUT2D eigenvalue weighted by molar-refractivity contribution is -0.126. The van der Waals surface area contributed by atoms with Gasteiger partial charge < -0.3 is 49.6 Å². The number of aliphatic hydroxyl groups is 2. The summed E-state index contributed by atoms with van der Waals surface area (Å²) >= 11 is 0. The van der Waals surface area contributed by atoms with Crippen molar-refractivity contribution >= 4 is 72.3 Å². The van der Waals surface area contributed by atoms with Crippen molar-refractivity contribution in [2.75, 3.05) is 79.4 Å². The quantitative estimate of drug-likeness (QED) is 0.0218. The number of nitrogens with one attached hydrogen (secondary N) is 2. The van der Waals surface area contributed by atoms with Gasteiger partial charge in [-0.25, -0.2) is 0 Å². The van der Waals surface area contributed by atoms with Gasteiger partial charge in [-0.1, -0.05) is 11.6 Å². The largest absolute Gasteiger partial charge is 0.507 e. The van der Waals surface area contributed by atoms with Crippen LogP contribution < -0.4 is 26.2 Å². The van der Waals surface area contributed by atoms with E-state index in [4.69, 9.17) is 23.7 Å². The van der Waals surface area contributed by atoms with Gasteiger partial charge in [0.25, 0.3) is 0 Å². The minimum Gasteiger partial charge on any atom is -0.507 e. The number of ether oxygens (including phenoxy) is 5. The zero-order valence-corrected chi connectivity index (χ0v) is 42.6. The van der Waals surface area contributed by atoms with E-state index in [0.29, 0.717) is 150 Å². The number of methoxy groups -OCH3 is 3. The SMILES string of the molecule is COCCOCCCC(=O)C1CCC(CNc2c(OC)c3c4c5c(c(CCC6CCC(C(=O)NCCOCCOC)CC6)c(O)c6c(=O)cc(CO)c(c7c(CO)cc(=O)c2c74)c65)C=C(C)C3C(C)=O)CC1. The molecule has 3 aliphatic rings. The summed E-state index contributed by atoms with van der Waals surface area (Å²) in [5, 5.41) is 44.5. The van der Waals surface area contributed by atoms with Crippen LogP contribution in [0.25, 0.3) is 49.2 Å². The Kier molecular flexibility index (Phi) is 17.5. The summed E-state index contributed by atoms with van der Waals surface area (Å²) in [5.41, 5.74) is 2.50. The number of allylic oxidation sites excluding steroid dienone is 1. The first-order valence-corrected chi connectivity index (χ1v) is 25.9. The van der Waals surface area contributed by atoms with Crippen LogP contribution in [0, 0.1) is 23.7 Å². The maximum atomic E-state index is 14.8. The number of hydrogen-bond acceptors (Lipinski definition) is 14. The average Bonchev–Trinajstić information content (AvgIpc) is 3.51. The molecule has 5 aromatic rings. The van der Waals surface area contributed by atoms with Crippen LogP contribution in [0.1, 0.15) is 118 Å². The predicted octanol–water partition coefficient (Wildman–Crippen LogP) is 7.43. The lowest BCUT2D eigenvalue weighted by Gasteiger charge is -2.30. The summed E-state index contributed by atoms with van der Waals surface area (Å²) < 4.78 is 27.5. The molecule has 0 aliphatic heterocycles. The minimum atomic E-state index is -0.863. The number of carbonyl (C=O) groups excluding carboxylic acids is 3. The maximum Gasteiger partial charge on any atom is 0.223 e. The molecule has 8 rings (SSSR count). The number of hydrogen-bond donors (Lipinski definition) is 5. The molecule has 2 saturated carbocycles. The minimum absolute atomic E-state index is 0.0185. The van der Waals surface area contributed by atoms with E-state index in [1.165, 1.54) is 26.2 Å². The predicted molar refractivity (Wildman–Crippen MR) is 279 cm³/mol. The van der Waals surface area contributed by atoms with Crippen LogP contribution in [0.3, 0.4) is 0 Å². The van der Waals surface area contributed by atoms with Crippen LogP contribution >= 0.6 is 0 Å². The first-order chi connectivity index (χ1) is 34.9. The standard InChI is InChI=1S/C57H72N2O13/c1-31-25-40-39(17-12-33-8-15-36(16-9-33)57(67)58-18-20-72-24-22-69-4)55(66)49-43(65)27-38(30-61)45-46-37(29-60)26-42(64)48-51(46)52(47(40)50(45)49)53(44(31)32(2)62)56(70-5)54(48)59-28-34-10-13-35(14-11-34)41(63)7-6-19-71-23-21-68-3/h25-27,33-36,44,59-61,66H,6-24,28-30H2,1-5H3,(H,58,67). The third kappa shape index (κ3) is 10.4. The van der Waals surface area contributed by atoms with E-state index in [9.17, 15) is 39.3 Å². The molecule has 0 spiro atoms. The van der Waals surface area contributed by atoms with Gasteiger partial charge in [0.1, 0.15) is 23.1 Å². The molecule has 5 aromatic carbocycles. The Morgan fingerprint density at radius 1 is 0.694 bits per heavy atom. The van der Waals surface area contributed by atoms with Gasteiger partial charge in [-0.3, -0.25) is 24.0 Å². The summed E-state index contributed by atoms with van der Waals surface area (Å²) in [5.74, 6) is -0.348. The van der Waals surface area contributed by atoms with Crippen molar-refractivity contribution in [3.63, 3.8) is 0 Å². The number of phenolic OH excluding ortho intramolecular Hbond substituents is 1. The molecule has 0 saturated heterocycles. The molecule has 15 nitrogen and oxygen atoms in total. The Morgan fingerprint density at radius 2 is 1.29 bits per heavy atom. The van der Waals surface area contributed by atoms with Crippen LogP contribution in [-0.4, -0.2) is 107 Å². The number of ketones is 2. The molecule has 1 unspecified atom stereocenters. The van der Waals surface area contributed by atoms with Crippen molar-refractivity contribution in [1.82, 2.24) is 5.32 Å². The number of aliphatic hydroxyl groups excluding tert-OH is 2. The number of anilines is 1. The lowest BCUT2D eigenvalue weighted by Crippen LogP contribution is -2.35. The van der Waals surface area contributed by atoms with Gasteiger partial charge in [0.05, 0.1) is 75.7 Å². The van der Waals surface area contributed by atoms with E-state index < -0.39 is 24.6 Å². The van der Waals surface area contributed by atoms with Crippen LogP contribution in [0.4, 0.5) is 5.69 Å². The van der Waals surface area contributed by atoms with Gasteiger partial charge >= 0.3 is 0 Å². The Labute approximate surface area is 420 Å². The number of amides is 1. The summed E-state index contributed by atoms with van der Waals surface area (Å²) in [4.78, 5) is 69.8. The molecule has 2 fully saturated rings. The summed E-state index contributed by atoms with van der Waals surface area (Å²) in [6.45, 7) is 6.11. The Hall–Kier alpha value is -5.29. The number of aromatic hydroxyl groups is 1. The van der Waals surface area contributed by atoms with Crippen LogP contribution in [0.2, 0.25) is 0 Å². The molecule has 3 aliphatic carbocycles. The van der Waals surface area contributed by atoms with Crippen LogP contribution in [0.15, 0.2) is 27.3 Å². The zero-order valence-electron chi connectivity index (χ0n) is 42.6. The van der Waals surface area contributed by atoms with Gasteiger partial charge in [-0.05, 0) is 147 Å². The first kappa shape index (κ1) is 53.0. The molecule has 1 atom stereocenters. The Balaban J connectivity index is 1.20. The average molecular weight is 993 g/mol. The molecule has 72 heavy (non-hydrogen) atoms. The molecule has 388 valence electrons. The second-order valence-corrected chi connectivity index (χ2v) is 20.3. The van der Waals surface area contributed by atoms with E-state index in [1.54, 1.807) is 14.2 Å². The van der Waals surface area contributed by atoms with Gasteiger partial charge in [-0.15, -0.1) is 0 Å². The molecule has 0 bridgehead atoms. The summed E-state index contributed by atoms with van der Waals surface area (Å²) in [6, 6.07) is 2.73. The normalized spacial score (nSPS) is 20.2. The highest BCUT2D eigenvalue weighted by Gasteiger charge is 2.38. The number of Topliss-reactive ketones (excluding diaryl/α,β-unsaturated/α-hetero) is 2. The van der Waals surface area contributed by atoms with Crippen molar-refractivity contribution in [3.8, 4) is 11.5 Å². The molecule has 0 heterocycles. The van der Waals surface area contributed by atoms with Crippen molar-refractivity contribution in [3.05, 3.63) is 66.0 Å². The smallest absolute Gasteiger partial charge is 0.223 e. The third-order valence-electron chi connectivity index (χ3n) is 15.9. The number of phenols is 1. The number of benzene rings is 5. The fourth-order valence-corrected chi connectivity index (χ4v) is 12.4. The van der Waals surface area contributed by atoms with Gasteiger partial charge in [0.2, 0.25) is 5.91 Å². The van der Waals surface area contributed by atoms with Crippen molar-refractivity contribution < 1.29 is 53.4 Å². The molecule has 5 N–H and O–H groups in total. The topological polar surface area (TPSA) is 216 Å². The lowest BCUT2D eigenvalue weighted by atomic mass is 9.77. The van der Waals surface area contributed by atoms with E-state index >= 15 is 0 Å². The molecular formula is C57H72N2O13. The number of rotatable bonds is 25. The fraction of sp³-hybridized carbons (Fsp3) is 0.561. The van der Waals surface area contributed by atoms with E-state index in [0.717, 1.165) is 51.4 Å². The number of carbonyl (C=O) groups is 3. The highest BCUT2D eigenvalue weighted by Crippen LogP contribution is 2.56. The monoisotopic (exact) mass is 993 g/mol. The molecule has 0 aromatic heterocycles. The third-order valence-corrected chi connectivity index (χ3v) is 15.9. The van der Waals surface area contributed by atoms with Crippen LogP contribution in [-0.2, 0) is 53.0 Å². The second kappa shape index (κ2) is 23.7. The summed E-state index contributed by atoms with van der Waals surface area (Å²) in [6.07, 6.45) is 10.3. The van der Waals surface area contributed by atoms with Crippen LogP contribution in [0.5, 0.6) is 11.5 Å². The Bertz CT molecular complexity index is 2930. The molecule has 1 amide bonds. The first-order valence-electron chi connectivity index (χ1n) is 25.9. The Morgan fingerprint density at radius 3 is 1.90 bits per heavy atom. The summed E-state index contributed by atoms with van der Waals surface area (Å²) in [7, 11) is 4.76. The molecule has 0 radical (unpaired) electrons. The maximum absolute atomic E-state index is 14.8. The zero-order chi connectivity index (χ0) is 51.2. The second-order valence-electron chi connectivity index (χ2n) is 20.3. The van der Waals surface area contributed by atoms with E-state index in [-0.39, 0.29) is 68.8 Å². The van der Waals surface area contributed by atoms with Gasteiger partial charge in [-0.2, -0.15) is 0 Å². The van der Waals surface area contributed by atoms with Gasteiger partial charge in [0, 0.05) is 74.1 Å².